The first-order valence-corrected chi connectivity index (χ1v) is 12.2. The number of aliphatic hydroxyl groups excluding tert-OH is 5. The Balaban J connectivity index is 1.41. The largest absolute Gasteiger partial charge is 0.461 e. The van der Waals surface area contributed by atoms with Crippen LogP contribution in [0.3, 0.4) is 0 Å². The lowest BCUT2D eigenvalue weighted by Gasteiger charge is -2.43. The Morgan fingerprint density at radius 3 is 2.57 bits per heavy atom. The Morgan fingerprint density at radius 2 is 1.89 bits per heavy atom. The monoisotopic (exact) mass is 504 g/mol. The Kier molecular flexibility index (Phi) is 8.48. The number of hydrogen-bond donors (Lipinski definition) is 6. The predicted molar refractivity (Wildman–Crippen MR) is 115 cm³/mol. The molecule has 4 aliphatic rings. The number of carbonyl (C=O) groups is 1. The van der Waals surface area contributed by atoms with Gasteiger partial charge in [-0.05, 0) is 12.8 Å². The van der Waals surface area contributed by atoms with Gasteiger partial charge in [0.25, 0.3) is 0 Å². The number of esters is 1. The summed E-state index contributed by atoms with van der Waals surface area (Å²) in [5.74, 6) is -1.05. The summed E-state index contributed by atoms with van der Waals surface area (Å²) >= 11 is 0. The van der Waals surface area contributed by atoms with E-state index < -0.39 is 67.3 Å². The van der Waals surface area contributed by atoms with Crippen molar-refractivity contribution in [3.05, 3.63) is 12.2 Å². The molecule has 0 aromatic carbocycles. The maximum Gasteiger partial charge on any atom is 0.313 e. The van der Waals surface area contributed by atoms with Crippen LogP contribution >= 0.6 is 0 Å². The van der Waals surface area contributed by atoms with Crippen molar-refractivity contribution in [2.45, 2.75) is 93.5 Å². The first-order valence-electron chi connectivity index (χ1n) is 12.2. The molecule has 200 valence electrons. The number of cyclic esters (lactones) is 1. The van der Waals surface area contributed by atoms with Crippen molar-refractivity contribution in [1.29, 1.82) is 0 Å². The lowest BCUT2D eigenvalue weighted by Crippen LogP contribution is -2.60. The third-order valence-corrected chi connectivity index (χ3v) is 7.35. The number of fused-ring (bicyclic) bond motifs is 1. The van der Waals surface area contributed by atoms with Crippen LogP contribution < -0.4 is 0 Å². The normalized spacial score (nSPS) is 47.6. The Morgan fingerprint density at radius 1 is 1.11 bits per heavy atom. The van der Waals surface area contributed by atoms with Gasteiger partial charge in [-0.3, -0.25) is 4.79 Å². The molecule has 12 heteroatoms. The number of carbonyl (C=O) groups excluding carboxylic acids is 1. The molecule has 12 nitrogen and oxygen atoms in total. The molecule has 35 heavy (non-hydrogen) atoms. The fourth-order valence-electron chi connectivity index (χ4n) is 5.15. The van der Waals surface area contributed by atoms with E-state index in [0.717, 1.165) is 12.8 Å². The van der Waals surface area contributed by atoms with E-state index in [9.17, 15) is 35.4 Å². The number of ether oxygens (including phenoxy) is 5. The maximum absolute atomic E-state index is 12.4. The second-order valence-corrected chi connectivity index (χ2v) is 9.79. The lowest BCUT2D eigenvalue weighted by molar-refractivity contribution is -0.323. The van der Waals surface area contributed by atoms with Crippen LogP contribution in [-0.4, -0.2) is 117 Å². The van der Waals surface area contributed by atoms with Gasteiger partial charge in [0.1, 0.15) is 42.2 Å². The molecular formula is C23H36O12. The summed E-state index contributed by atoms with van der Waals surface area (Å²) in [7, 11) is 0. The summed E-state index contributed by atoms with van der Waals surface area (Å²) in [6, 6.07) is 0. The van der Waals surface area contributed by atoms with Gasteiger partial charge in [-0.2, -0.15) is 0 Å². The highest BCUT2D eigenvalue weighted by Gasteiger charge is 2.53. The standard InChI is InChI=1S/C23H36O12/c1-2-3-6-12-15-11(20(29)33-12)5-4-7-13(15)34-21-18(27)17(26)16(25)14(35-21)8-31-22-19(28)23(30,9-24)10-32-22/h4-5,11-19,21-22,24-28,30H,2-3,6-10H2,1H3/t11-,12+,13-,14-,15+,16-,17+,18-,19+,21-,22-,23-/m1/s1. The molecule has 4 rings (SSSR count). The number of rotatable bonds is 9. The summed E-state index contributed by atoms with van der Waals surface area (Å²) in [5.41, 5.74) is -1.88. The Labute approximate surface area is 203 Å². The minimum absolute atomic E-state index is 0.272. The molecule has 0 radical (unpaired) electrons. The topological polar surface area (TPSA) is 185 Å². The van der Waals surface area contributed by atoms with Crippen molar-refractivity contribution in [2.24, 2.45) is 11.8 Å². The minimum Gasteiger partial charge on any atom is -0.461 e. The highest BCUT2D eigenvalue weighted by molar-refractivity contribution is 5.77. The summed E-state index contributed by atoms with van der Waals surface area (Å²) < 4.78 is 28.0. The first kappa shape index (κ1) is 26.9. The van der Waals surface area contributed by atoms with Crippen LogP contribution in [0.4, 0.5) is 0 Å². The molecule has 3 saturated heterocycles. The van der Waals surface area contributed by atoms with Crippen LogP contribution in [0.15, 0.2) is 12.2 Å². The van der Waals surface area contributed by atoms with Crippen LogP contribution in [0.1, 0.15) is 32.6 Å². The van der Waals surface area contributed by atoms with Crippen molar-refractivity contribution >= 4 is 5.97 Å². The molecule has 0 bridgehead atoms. The first-order chi connectivity index (χ1) is 16.7. The molecule has 0 unspecified atom stereocenters. The molecular weight excluding hydrogens is 468 g/mol. The van der Waals surface area contributed by atoms with Gasteiger partial charge in [-0.1, -0.05) is 31.9 Å². The van der Waals surface area contributed by atoms with Gasteiger partial charge in [-0.15, -0.1) is 0 Å². The molecule has 3 aliphatic heterocycles. The fraction of sp³-hybridized carbons (Fsp3) is 0.870. The van der Waals surface area contributed by atoms with Crippen LogP contribution in [0.2, 0.25) is 0 Å². The average molecular weight is 505 g/mol. The highest BCUT2D eigenvalue weighted by atomic mass is 16.7. The zero-order chi connectivity index (χ0) is 25.3. The van der Waals surface area contributed by atoms with Gasteiger partial charge in [-0.25, -0.2) is 0 Å². The van der Waals surface area contributed by atoms with E-state index in [4.69, 9.17) is 23.7 Å². The second kappa shape index (κ2) is 11.1. The van der Waals surface area contributed by atoms with Gasteiger partial charge in [0.2, 0.25) is 0 Å². The quantitative estimate of drug-likeness (QED) is 0.149. The van der Waals surface area contributed by atoms with E-state index in [2.05, 4.69) is 0 Å². The van der Waals surface area contributed by atoms with E-state index in [-0.39, 0.29) is 31.2 Å². The number of hydrogen-bond acceptors (Lipinski definition) is 12. The third kappa shape index (κ3) is 5.28. The van der Waals surface area contributed by atoms with Crippen LogP contribution in [0.5, 0.6) is 0 Å². The summed E-state index contributed by atoms with van der Waals surface area (Å²) in [6.07, 6.45) is -4.30. The summed E-state index contributed by atoms with van der Waals surface area (Å²) in [6.45, 7) is 0.588. The van der Waals surface area contributed by atoms with Crippen LogP contribution in [0.25, 0.3) is 0 Å². The van der Waals surface area contributed by atoms with Crippen LogP contribution in [0, 0.1) is 11.8 Å². The van der Waals surface area contributed by atoms with E-state index >= 15 is 0 Å². The van der Waals surface area contributed by atoms with Gasteiger partial charge < -0.3 is 54.3 Å². The van der Waals surface area contributed by atoms with Crippen LogP contribution in [-0.2, 0) is 28.5 Å². The van der Waals surface area contributed by atoms with E-state index in [1.54, 1.807) is 0 Å². The molecule has 0 amide bonds. The smallest absolute Gasteiger partial charge is 0.313 e. The SMILES string of the molecule is CCCC[C@@H]1OC(=O)[C@@H]2C=CC[C@@H](O[C@@H]3O[C@H](CO[C@@H]4OC[C@](O)(CO)[C@H]4O)[C@@H](O)[C@H](O)[C@H]3O)[C@H]12. The van der Waals surface area contributed by atoms with Crippen molar-refractivity contribution in [2.75, 3.05) is 19.8 Å². The van der Waals surface area contributed by atoms with Gasteiger partial charge >= 0.3 is 5.97 Å². The van der Waals surface area contributed by atoms with Gasteiger partial charge in [0.15, 0.2) is 12.6 Å². The third-order valence-electron chi connectivity index (χ3n) is 7.35. The molecule has 1 aliphatic carbocycles. The Bertz CT molecular complexity index is 763. The van der Waals surface area contributed by atoms with Crippen molar-refractivity contribution < 1.29 is 59.1 Å². The zero-order valence-electron chi connectivity index (χ0n) is 19.6. The molecule has 0 aromatic heterocycles. The van der Waals surface area contributed by atoms with E-state index in [1.165, 1.54) is 0 Å². The van der Waals surface area contributed by atoms with E-state index in [0.29, 0.717) is 12.8 Å². The zero-order valence-corrected chi connectivity index (χ0v) is 19.6. The fourth-order valence-corrected chi connectivity index (χ4v) is 5.15. The summed E-state index contributed by atoms with van der Waals surface area (Å²) in [4.78, 5) is 12.4. The molecule has 12 atom stereocenters. The van der Waals surface area contributed by atoms with E-state index in [1.807, 2.05) is 19.1 Å². The van der Waals surface area contributed by atoms with Gasteiger partial charge in [0.05, 0.1) is 31.8 Å². The molecule has 6 N–H and O–H groups in total. The van der Waals surface area contributed by atoms with Crippen molar-refractivity contribution in [1.82, 2.24) is 0 Å². The summed E-state index contributed by atoms with van der Waals surface area (Å²) in [5, 5.41) is 60.8. The minimum atomic E-state index is -1.88. The van der Waals surface area contributed by atoms with Crippen molar-refractivity contribution in [3.63, 3.8) is 0 Å². The number of unbranched alkanes of at least 4 members (excludes halogenated alkanes) is 1. The maximum atomic E-state index is 12.4. The predicted octanol–water partition coefficient (Wildman–Crippen LogP) is -2.06. The Hall–Kier alpha value is -1.19. The molecule has 0 saturated carbocycles. The lowest BCUT2D eigenvalue weighted by atomic mass is 9.79. The second-order valence-electron chi connectivity index (χ2n) is 9.79. The van der Waals surface area contributed by atoms with Gasteiger partial charge in [0, 0.05) is 5.92 Å². The average Bonchev–Trinajstić information content (AvgIpc) is 3.34. The number of aliphatic hydroxyl groups is 6. The highest BCUT2D eigenvalue weighted by Crippen LogP contribution is 2.41. The van der Waals surface area contributed by atoms with Crippen molar-refractivity contribution in [3.8, 4) is 0 Å². The molecule has 3 fully saturated rings. The molecule has 3 heterocycles. The molecule has 0 spiro atoms. The molecule has 0 aromatic rings.